The lowest BCUT2D eigenvalue weighted by Gasteiger charge is -2.22. The Bertz CT molecular complexity index is 532. The monoisotopic (exact) mass is 314 g/mol. The number of nitrogens with zero attached hydrogens (tertiary/aromatic N) is 3. The Balaban J connectivity index is 3.08. The summed E-state index contributed by atoms with van der Waals surface area (Å²) in [6, 6.07) is 0. The molecule has 1 heterocycles. The molecule has 7 nitrogen and oxygen atoms in total. The second-order valence-electron chi connectivity index (χ2n) is 3.67. The van der Waals surface area contributed by atoms with E-state index in [1.54, 1.807) is 0 Å². The van der Waals surface area contributed by atoms with Crippen LogP contribution in [0.25, 0.3) is 0 Å². The maximum atomic E-state index is 12.4. The molecule has 20 heavy (non-hydrogen) atoms. The number of aliphatic hydroxyl groups is 1. The van der Waals surface area contributed by atoms with Crippen molar-refractivity contribution in [3.05, 3.63) is 12.4 Å². The number of sulfonamides is 1. The van der Waals surface area contributed by atoms with Crippen LogP contribution in [-0.2, 0) is 10.0 Å². The predicted octanol–water partition coefficient (Wildman–Crippen LogP) is 0.0636. The van der Waals surface area contributed by atoms with E-state index in [4.69, 9.17) is 5.11 Å². The molecule has 114 valence electrons. The summed E-state index contributed by atoms with van der Waals surface area (Å²) in [7, 11) is -2.92. The zero-order chi connectivity index (χ0) is 15.4. The Morgan fingerprint density at radius 1 is 1.35 bits per heavy atom. The number of hydrogen-bond acceptors (Lipinski definition) is 6. The molecule has 0 saturated carbocycles. The van der Waals surface area contributed by atoms with Crippen molar-refractivity contribution >= 4 is 16.0 Å². The van der Waals surface area contributed by atoms with Crippen LogP contribution in [0.1, 0.15) is 0 Å². The molecule has 1 rings (SSSR count). The summed E-state index contributed by atoms with van der Waals surface area (Å²) < 4.78 is 61.3. The van der Waals surface area contributed by atoms with Crippen molar-refractivity contribution in [2.45, 2.75) is 11.1 Å². The van der Waals surface area contributed by atoms with Crippen LogP contribution >= 0.6 is 0 Å². The maximum absolute atomic E-state index is 12.4. The summed E-state index contributed by atoms with van der Waals surface area (Å²) in [5.74, 6) is 0.133. The van der Waals surface area contributed by atoms with Gasteiger partial charge in [-0.1, -0.05) is 0 Å². The lowest BCUT2D eigenvalue weighted by atomic mass is 10.6. The molecule has 0 aliphatic rings. The number of nitrogens with one attached hydrogen (secondary N) is 1. The van der Waals surface area contributed by atoms with Gasteiger partial charge in [-0.2, -0.15) is 17.5 Å². The van der Waals surface area contributed by atoms with Gasteiger partial charge in [0.25, 0.3) is 0 Å². The number of anilines is 1. The molecule has 0 atom stereocenters. The van der Waals surface area contributed by atoms with Crippen LogP contribution in [-0.4, -0.2) is 60.7 Å². The molecule has 0 fully saturated rings. The molecular weight excluding hydrogens is 301 g/mol. The first-order valence-electron chi connectivity index (χ1n) is 5.38. The summed E-state index contributed by atoms with van der Waals surface area (Å²) in [5.41, 5.74) is 0. The molecule has 0 aliphatic carbocycles. The van der Waals surface area contributed by atoms with Crippen LogP contribution in [0, 0.1) is 0 Å². The summed E-state index contributed by atoms with van der Waals surface area (Å²) >= 11 is 0. The average Bonchev–Trinajstić information content (AvgIpc) is 2.37. The first-order valence-corrected chi connectivity index (χ1v) is 6.82. The van der Waals surface area contributed by atoms with Crippen LogP contribution in [0.5, 0.6) is 0 Å². The highest BCUT2D eigenvalue weighted by Gasteiger charge is 2.37. The van der Waals surface area contributed by atoms with Gasteiger partial charge >= 0.3 is 6.18 Å². The van der Waals surface area contributed by atoms with Crippen molar-refractivity contribution in [3.63, 3.8) is 0 Å². The molecular formula is C9H13F3N4O3S. The summed E-state index contributed by atoms with van der Waals surface area (Å²) in [4.78, 5) is 6.78. The third-order valence-corrected chi connectivity index (χ3v) is 3.99. The topological polar surface area (TPSA) is 95.4 Å². The largest absolute Gasteiger partial charge is 0.402 e. The molecule has 0 amide bonds. The molecule has 0 bridgehead atoms. The zero-order valence-electron chi connectivity index (χ0n) is 10.4. The van der Waals surface area contributed by atoms with Crippen molar-refractivity contribution in [1.29, 1.82) is 0 Å². The molecule has 0 radical (unpaired) electrons. The SMILES string of the molecule is CNc1ncc(S(=O)(=O)N(CCO)CC(F)(F)F)cn1. The van der Waals surface area contributed by atoms with Crippen molar-refractivity contribution in [3.8, 4) is 0 Å². The third kappa shape index (κ3) is 4.28. The first-order chi connectivity index (χ1) is 9.20. The van der Waals surface area contributed by atoms with Gasteiger partial charge in [-0.15, -0.1) is 0 Å². The fourth-order valence-electron chi connectivity index (χ4n) is 1.32. The second kappa shape index (κ2) is 6.33. The fourth-order valence-corrected chi connectivity index (χ4v) is 2.63. The van der Waals surface area contributed by atoms with Gasteiger partial charge in [0.15, 0.2) is 0 Å². The smallest absolute Gasteiger partial charge is 0.395 e. The molecule has 1 aromatic heterocycles. The third-order valence-electron chi connectivity index (χ3n) is 2.19. The Hall–Kier alpha value is -1.46. The average molecular weight is 314 g/mol. The van der Waals surface area contributed by atoms with Crippen LogP contribution in [0.4, 0.5) is 19.1 Å². The number of rotatable bonds is 6. The predicted molar refractivity (Wildman–Crippen MR) is 63.5 cm³/mol. The number of hydrogen-bond donors (Lipinski definition) is 2. The van der Waals surface area contributed by atoms with E-state index >= 15 is 0 Å². The van der Waals surface area contributed by atoms with Crippen molar-refractivity contribution in [2.75, 3.05) is 32.1 Å². The summed E-state index contributed by atoms with van der Waals surface area (Å²) in [5, 5.41) is 11.3. The van der Waals surface area contributed by atoms with Crippen LogP contribution in [0.15, 0.2) is 17.3 Å². The van der Waals surface area contributed by atoms with Gasteiger partial charge in [0.1, 0.15) is 11.4 Å². The minimum Gasteiger partial charge on any atom is -0.395 e. The zero-order valence-corrected chi connectivity index (χ0v) is 11.2. The Labute approximate surface area is 113 Å². The maximum Gasteiger partial charge on any atom is 0.402 e. The van der Waals surface area contributed by atoms with E-state index < -0.39 is 40.8 Å². The minimum absolute atomic E-state index is 0.130. The minimum atomic E-state index is -4.71. The molecule has 1 aromatic rings. The van der Waals surface area contributed by atoms with Crippen LogP contribution in [0.3, 0.4) is 0 Å². The second-order valence-corrected chi connectivity index (χ2v) is 5.61. The van der Waals surface area contributed by atoms with E-state index in [2.05, 4.69) is 15.3 Å². The van der Waals surface area contributed by atoms with Crippen LogP contribution in [0.2, 0.25) is 0 Å². The quantitative estimate of drug-likeness (QED) is 0.771. The van der Waals surface area contributed by atoms with E-state index in [0.29, 0.717) is 0 Å². The Morgan fingerprint density at radius 2 is 1.90 bits per heavy atom. The van der Waals surface area contributed by atoms with E-state index in [1.165, 1.54) is 7.05 Å². The van der Waals surface area contributed by atoms with Gasteiger partial charge in [-0.3, -0.25) is 0 Å². The molecule has 0 aromatic carbocycles. The van der Waals surface area contributed by atoms with Gasteiger partial charge in [-0.05, 0) is 0 Å². The first kappa shape index (κ1) is 16.6. The summed E-state index contributed by atoms with van der Waals surface area (Å²) in [6.07, 6.45) is -2.92. The van der Waals surface area contributed by atoms with Gasteiger partial charge in [0.2, 0.25) is 16.0 Å². The van der Waals surface area contributed by atoms with Crippen molar-refractivity contribution in [2.24, 2.45) is 0 Å². The Morgan fingerprint density at radius 3 is 2.30 bits per heavy atom. The Kier molecular flexibility index (Phi) is 5.25. The number of aromatic nitrogens is 2. The molecule has 0 spiro atoms. The van der Waals surface area contributed by atoms with Gasteiger partial charge in [0.05, 0.1) is 19.0 Å². The van der Waals surface area contributed by atoms with E-state index in [9.17, 15) is 21.6 Å². The highest BCUT2D eigenvalue weighted by Crippen LogP contribution is 2.22. The normalized spacial score (nSPS) is 12.7. The van der Waals surface area contributed by atoms with E-state index in [0.717, 1.165) is 12.4 Å². The molecule has 0 unspecified atom stereocenters. The fraction of sp³-hybridized carbons (Fsp3) is 0.556. The molecule has 2 N–H and O–H groups in total. The van der Waals surface area contributed by atoms with Gasteiger partial charge in [0, 0.05) is 13.6 Å². The summed E-state index contributed by atoms with van der Waals surface area (Å²) in [6.45, 7) is -3.09. The highest BCUT2D eigenvalue weighted by atomic mass is 32.2. The van der Waals surface area contributed by atoms with Crippen LogP contribution < -0.4 is 5.32 Å². The van der Waals surface area contributed by atoms with Gasteiger partial charge in [-0.25, -0.2) is 18.4 Å². The van der Waals surface area contributed by atoms with Crippen molar-refractivity contribution in [1.82, 2.24) is 14.3 Å². The van der Waals surface area contributed by atoms with E-state index in [-0.39, 0.29) is 10.3 Å². The number of aliphatic hydroxyl groups excluding tert-OH is 1. The molecule has 0 saturated heterocycles. The van der Waals surface area contributed by atoms with Gasteiger partial charge < -0.3 is 10.4 Å². The molecule has 11 heteroatoms. The highest BCUT2D eigenvalue weighted by molar-refractivity contribution is 7.89. The van der Waals surface area contributed by atoms with E-state index in [1.807, 2.05) is 0 Å². The number of halogens is 3. The lowest BCUT2D eigenvalue weighted by Crippen LogP contribution is -2.40. The standard InChI is InChI=1S/C9H13F3N4O3S/c1-13-8-14-4-7(5-15-8)20(18,19)16(2-3-17)6-9(10,11)12/h4-5,17H,2-3,6H2,1H3,(H,13,14,15). The van der Waals surface area contributed by atoms with Crippen molar-refractivity contribution < 1.29 is 26.7 Å². The lowest BCUT2D eigenvalue weighted by molar-refractivity contribution is -0.136. The number of alkyl halides is 3. The molecule has 0 aliphatic heterocycles.